The molecular weight excluding hydrogens is 232 g/mol. The number of imidazole rings is 1. The molecule has 2 rings (SSSR count). The molecule has 2 aromatic rings. The van der Waals surface area contributed by atoms with Crippen LogP contribution in [0.2, 0.25) is 0 Å². The quantitative estimate of drug-likeness (QED) is 0.457. The first-order valence-electron chi connectivity index (χ1n) is 4.56. The van der Waals surface area contributed by atoms with Gasteiger partial charge in [-0.25, -0.2) is 14.3 Å². The van der Waals surface area contributed by atoms with Crippen LogP contribution >= 0.6 is 0 Å². The molecule has 9 nitrogen and oxygen atoms in total. The van der Waals surface area contributed by atoms with Crippen molar-refractivity contribution in [2.24, 2.45) is 14.1 Å². The summed E-state index contributed by atoms with van der Waals surface area (Å²) in [4.78, 5) is 27.0. The lowest BCUT2D eigenvalue weighted by Gasteiger charge is -2.15. The van der Waals surface area contributed by atoms with Crippen LogP contribution in [0.4, 0.5) is 0 Å². The highest BCUT2D eigenvalue weighted by Gasteiger charge is 2.27. The predicted octanol–water partition coefficient (Wildman–Crippen LogP) is -3.02. The predicted molar refractivity (Wildman–Crippen MR) is 54.8 cm³/mol. The van der Waals surface area contributed by atoms with E-state index < -0.39 is 17.3 Å². The number of aryl methyl sites for hydroxylation is 1. The maximum atomic E-state index is 11.8. The molecule has 0 aliphatic carbocycles. The van der Waals surface area contributed by atoms with Crippen LogP contribution < -0.4 is 11.2 Å². The summed E-state index contributed by atoms with van der Waals surface area (Å²) < 4.78 is 2.29. The van der Waals surface area contributed by atoms with Gasteiger partial charge in [-0.15, -0.1) is 0 Å². The first-order chi connectivity index (χ1) is 7.75. The molecule has 0 saturated heterocycles. The maximum Gasteiger partial charge on any atom is 0.375 e. The molecule has 0 aliphatic rings. The molecule has 2 aromatic heterocycles. The van der Waals surface area contributed by atoms with Gasteiger partial charge in [-0.2, -0.15) is 0 Å². The average molecular weight is 242 g/mol. The highest BCUT2D eigenvalue weighted by atomic mass is 16.7. The molecule has 0 fully saturated rings. The van der Waals surface area contributed by atoms with Crippen molar-refractivity contribution in [3.8, 4) is 0 Å². The van der Waals surface area contributed by atoms with Gasteiger partial charge in [0.05, 0.1) is 0 Å². The Kier molecular flexibility index (Phi) is 2.21. The van der Waals surface area contributed by atoms with Crippen molar-refractivity contribution in [3.63, 3.8) is 0 Å². The van der Waals surface area contributed by atoms with E-state index in [2.05, 4.69) is 4.98 Å². The van der Waals surface area contributed by atoms with Gasteiger partial charge in [0.2, 0.25) is 0 Å². The smallest absolute Gasteiger partial charge is 0.325 e. The number of fused-ring (bicyclic) bond motifs is 1. The summed E-state index contributed by atoms with van der Waals surface area (Å²) in [5.41, 5.74) is -1.74. The van der Waals surface area contributed by atoms with Gasteiger partial charge in [-0.05, 0) is 0 Å². The monoisotopic (exact) mass is 242 g/mol. The lowest BCUT2D eigenvalue weighted by molar-refractivity contribution is -0.373. The molecule has 0 bridgehead atoms. The van der Waals surface area contributed by atoms with Crippen molar-refractivity contribution in [2.45, 2.75) is 6.10 Å². The van der Waals surface area contributed by atoms with E-state index in [1.54, 1.807) is 0 Å². The zero-order valence-corrected chi connectivity index (χ0v) is 9.02. The molecule has 0 spiro atoms. The van der Waals surface area contributed by atoms with Gasteiger partial charge < -0.3 is 15.3 Å². The van der Waals surface area contributed by atoms with Crippen LogP contribution in [-0.4, -0.2) is 34.0 Å². The zero-order valence-electron chi connectivity index (χ0n) is 9.02. The van der Waals surface area contributed by atoms with Gasteiger partial charge in [0.15, 0.2) is 11.2 Å². The molecule has 3 N–H and O–H groups in total. The minimum atomic E-state index is -3.25. The summed E-state index contributed by atoms with van der Waals surface area (Å²) in [6.07, 6.45) is -2.40. The molecule has 0 aromatic carbocycles. The van der Waals surface area contributed by atoms with Crippen molar-refractivity contribution >= 4 is 11.2 Å². The summed E-state index contributed by atoms with van der Waals surface area (Å²) >= 11 is 0. The number of rotatable bonds is 1. The number of aromatic nitrogens is 4. The summed E-state index contributed by atoms with van der Waals surface area (Å²) in [5.74, 6) is 0. The fourth-order valence-corrected chi connectivity index (χ4v) is 1.57. The second kappa shape index (κ2) is 3.26. The van der Waals surface area contributed by atoms with Crippen molar-refractivity contribution in [3.05, 3.63) is 27.2 Å². The third-order valence-electron chi connectivity index (χ3n) is 2.47. The van der Waals surface area contributed by atoms with E-state index in [1.165, 1.54) is 14.1 Å². The van der Waals surface area contributed by atoms with E-state index in [4.69, 9.17) is 15.3 Å². The van der Waals surface area contributed by atoms with Crippen LogP contribution in [0, 0.1) is 0 Å². The van der Waals surface area contributed by atoms with Crippen LogP contribution in [-0.2, 0) is 20.2 Å². The first-order valence-corrected chi connectivity index (χ1v) is 4.56. The summed E-state index contributed by atoms with van der Waals surface area (Å²) in [6, 6.07) is 0. The number of hydrogen-bond acceptors (Lipinski definition) is 6. The van der Waals surface area contributed by atoms with Crippen molar-refractivity contribution < 1.29 is 15.3 Å². The molecule has 2 heterocycles. The van der Waals surface area contributed by atoms with Crippen LogP contribution in [0.15, 0.2) is 15.9 Å². The highest BCUT2D eigenvalue weighted by molar-refractivity contribution is 5.70. The SMILES string of the molecule is Cn1c(=O)c2c(ncn2C(O)(O)O)n(C)c1=O. The minimum absolute atomic E-state index is 0.0559. The third-order valence-corrected chi connectivity index (χ3v) is 2.47. The van der Waals surface area contributed by atoms with E-state index in [0.29, 0.717) is 4.57 Å². The molecule has 0 radical (unpaired) electrons. The first kappa shape index (κ1) is 11.5. The highest BCUT2D eigenvalue weighted by Crippen LogP contribution is 2.11. The van der Waals surface area contributed by atoms with Crippen LogP contribution in [0.1, 0.15) is 0 Å². The van der Waals surface area contributed by atoms with Gasteiger partial charge in [0.1, 0.15) is 6.33 Å². The van der Waals surface area contributed by atoms with Gasteiger partial charge in [-0.1, -0.05) is 0 Å². The van der Waals surface area contributed by atoms with Crippen LogP contribution in [0.25, 0.3) is 11.2 Å². The normalized spacial score (nSPS) is 12.3. The minimum Gasteiger partial charge on any atom is -0.325 e. The molecule has 0 atom stereocenters. The Morgan fingerprint density at radius 2 is 1.76 bits per heavy atom. The Morgan fingerprint density at radius 3 is 2.29 bits per heavy atom. The Labute approximate surface area is 93.4 Å². The van der Waals surface area contributed by atoms with Crippen molar-refractivity contribution in [1.29, 1.82) is 0 Å². The second-order valence-corrected chi connectivity index (χ2v) is 3.59. The maximum absolute atomic E-state index is 11.8. The van der Waals surface area contributed by atoms with Crippen LogP contribution in [0.3, 0.4) is 0 Å². The van der Waals surface area contributed by atoms with E-state index in [0.717, 1.165) is 15.5 Å². The average Bonchev–Trinajstić information content (AvgIpc) is 2.67. The topological polar surface area (TPSA) is 123 Å². The number of hydrogen-bond donors (Lipinski definition) is 3. The standard InChI is InChI=1S/C8H10N4O5/c1-10-5-4(6(13)11(2)7(10)14)12(3-9-5)8(15,16)17/h3,15-17H,1-2H3. The summed E-state index contributed by atoms with van der Waals surface area (Å²) in [5, 5.41) is 27.1. The lowest BCUT2D eigenvalue weighted by atomic mass is 10.5. The molecular formula is C8H10N4O5. The van der Waals surface area contributed by atoms with Crippen molar-refractivity contribution in [2.75, 3.05) is 0 Å². The van der Waals surface area contributed by atoms with Crippen LogP contribution in [0.5, 0.6) is 0 Å². The summed E-state index contributed by atoms with van der Waals surface area (Å²) in [7, 11) is 2.60. The van der Waals surface area contributed by atoms with E-state index in [-0.39, 0.29) is 11.2 Å². The van der Waals surface area contributed by atoms with E-state index in [9.17, 15) is 9.59 Å². The zero-order chi connectivity index (χ0) is 13.0. The fourth-order valence-electron chi connectivity index (χ4n) is 1.57. The van der Waals surface area contributed by atoms with E-state index in [1.807, 2.05) is 0 Å². The molecule has 0 unspecified atom stereocenters. The molecule has 0 aliphatic heterocycles. The van der Waals surface area contributed by atoms with Gasteiger partial charge in [-0.3, -0.25) is 13.9 Å². The number of nitrogens with zero attached hydrogens (tertiary/aromatic N) is 4. The second-order valence-electron chi connectivity index (χ2n) is 3.59. The Bertz CT molecular complexity index is 701. The summed E-state index contributed by atoms with van der Waals surface area (Å²) in [6.45, 7) is 0. The number of aliphatic hydroxyl groups is 3. The van der Waals surface area contributed by atoms with Gasteiger partial charge in [0, 0.05) is 14.1 Å². The largest absolute Gasteiger partial charge is 0.375 e. The van der Waals surface area contributed by atoms with Gasteiger partial charge in [0.25, 0.3) is 5.56 Å². The lowest BCUT2D eigenvalue weighted by Crippen LogP contribution is -2.40. The molecule has 17 heavy (non-hydrogen) atoms. The Balaban J connectivity index is 3.07. The molecule has 0 saturated carbocycles. The Morgan fingerprint density at radius 1 is 1.18 bits per heavy atom. The molecule has 0 amide bonds. The fraction of sp³-hybridized carbons (Fsp3) is 0.375. The molecule has 92 valence electrons. The van der Waals surface area contributed by atoms with Gasteiger partial charge >= 0.3 is 11.8 Å². The van der Waals surface area contributed by atoms with E-state index >= 15 is 0 Å². The third kappa shape index (κ3) is 1.48. The molecule has 9 heteroatoms. The Hall–Kier alpha value is -1.97. The van der Waals surface area contributed by atoms with Crippen molar-refractivity contribution in [1.82, 2.24) is 18.7 Å².